The molecule has 0 spiro atoms. The number of carbonyl (C=O) groups excluding carboxylic acids is 2. The molecule has 1 saturated heterocycles. The van der Waals surface area contributed by atoms with Crippen LogP contribution in [0.25, 0.3) is 0 Å². The van der Waals surface area contributed by atoms with E-state index in [2.05, 4.69) is 21.2 Å². The van der Waals surface area contributed by atoms with Crippen LogP contribution in [0.5, 0.6) is 11.5 Å². The van der Waals surface area contributed by atoms with Crippen LogP contribution in [0.15, 0.2) is 40.9 Å². The maximum atomic E-state index is 12.8. The third-order valence-corrected chi connectivity index (χ3v) is 5.78. The van der Waals surface area contributed by atoms with Gasteiger partial charge in [-0.25, -0.2) is 0 Å². The molecular weight excluding hydrogens is 436 g/mol. The van der Waals surface area contributed by atoms with E-state index in [0.29, 0.717) is 18.0 Å². The van der Waals surface area contributed by atoms with Crippen LogP contribution in [0.1, 0.15) is 30.5 Å². The zero-order valence-electron chi connectivity index (χ0n) is 17.0. The molecule has 0 bridgehead atoms. The van der Waals surface area contributed by atoms with Crippen molar-refractivity contribution in [3.8, 4) is 11.5 Å². The topological polar surface area (TPSA) is 67.9 Å². The summed E-state index contributed by atoms with van der Waals surface area (Å²) < 4.78 is 11.5. The van der Waals surface area contributed by atoms with Gasteiger partial charge in [0.1, 0.15) is 11.5 Å². The van der Waals surface area contributed by atoms with Crippen molar-refractivity contribution in [1.82, 2.24) is 5.32 Å². The van der Waals surface area contributed by atoms with Crippen molar-refractivity contribution in [2.24, 2.45) is 5.92 Å². The van der Waals surface area contributed by atoms with E-state index in [1.807, 2.05) is 50.2 Å². The lowest BCUT2D eigenvalue weighted by Gasteiger charge is -2.21. The lowest BCUT2D eigenvalue weighted by atomic mass is 10.0. The van der Waals surface area contributed by atoms with Crippen LogP contribution in [-0.4, -0.2) is 32.6 Å². The summed E-state index contributed by atoms with van der Waals surface area (Å²) in [6.07, 6.45) is 0.182. The Morgan fingerprint density at radius 2 is 1.86 bits per heavy atom. The van der Waals surface area contributed by atoms with Crippen molar-refractivity contribution in [1.29, 1.82) is 0 Å². The highest BCUT2D eigenvalue weighted by molar-refractivity contribution is 9.10. The summed E-state index contributed by atoms with van der Waals surface area (Å²) in [5.41, 5.74) is 2.69. The Morgan fingerprint density at radius 3 is 2.52 bits per heavy atom. The van der Waals surface area contributed by atoms with Crippen LogP contribution in [-0.2, 0) is 9.59 Å². The number of ether oxygens (including phenoxy) is 2. The van der Waals surface area contributed by atoms with E-state index in [0.717, 1.165) is 21.3 Å². The van der Waals surface area contributed by atoms with Gasteiger partial charge in [0.2, 0.25) is 11.8 Å². The standard InChI is InChI=1S/C22H25BrN2O4/c1-13-5-7-20(29-4)18(9-13)25-12-16(11-21(25)26)22(27)24-14(2)15-6-8-19(28-3)17(23)10-15/h5-10,14,16H,11-12H2,1-4H3,(H,24,27). The van der Waals surface area contributed by atoms with Gasteiger partial charge in [0.15, 0.2) is 0 Å². The number of halogens is 1. The fraction of sp³-hybridized carbons (Fsp3) is 0.364. The van der Waals surface area contributed by atoms with Crippen LogP contribution in [0.2, 0.25) is 0 Å². The maximum Gasteiger partial charge on any atom is 0.227 e. The lowest BCUT2D eigenvalue weighted by molar-refractivity contribution is -0.126. The molecule has 7 heteroatoms. The monoisotopic (exact) mass is 460 g/mol. The van der Waals surface area contributed by atoms with Crippen LogP contribution in [0.4, 0.5) is 5.69 Å². The summed E-state index contributed by atoms with van der Waals surface area (Å²) in [5, 5.41) is 3.02. The molecule has 3 rings (SSSR count). The number of aryl methyl sites for hydroxylation is 1. The predicted octanol–water partition coefficient (Wildman–Crippen LogP) is 4.01. The zero-order chi connectivity index (χ0) is 21.1. The highest BCUT2D eigenvalue weighted by Gasteiger charge is 2.36. The Labute approximate surface area is 179 Å². The summed E-state index contributed by atoms with van der Waals surface area (Å²) in [7, 11) is 3.19. The molecule has 0 aromatic heterocycles. The maximum absolute atomic E-state index is 12.8. The first-order valence-corrected chi connectivity index (χ1v) is 10.2. The van der Waals surface area contributed by atoms with E-state index in [1.54, 1.807) is 19.1 Å². The quantitative estimate of drug-likeness (QED) is 0.706. The molecular formula is C22H25BrN2O4. The molecule has 0 saturated carbocycles. The smallest absolute Gasteiger partial charge is 0.227 e. The van der Waals surface area contributed by atoms with Crippen molar-refractivity contribution in [3.05, 3.63) is 52.0 Å². The highest BCUT2D eigenvalue weighted by atomic mass is 79.9. The molecule has 0 aliphatic carbocycles. The number of rotatable bonds is 6. The van der Waals surface area contributed by atoms with Gasteiger partial charge in [-0.3, -0.25) is 9.59 Å². The largest absolute Gasteiger partial charge is 0.496 e. The molecule has 2 aromatic carbocycles. The van der Waals surface area contributed by atoms with Gasteiger partial charge in [-0.15, -0.1) is 0 Å². The van der Waals surface area contributed by atoms with E-state index in [9.17, 15) is 9.59 Å². The zero-order valence-corrected chi connectivity index (χ0v) is 18.6. The van der Waals surface area contributed by atoms with Crippen LogP contribution in [0.3, 0.4) is 0 Å². The molecule has 6 nitrogen and oxygen atoms in total. The van der Waals surface area contributed by atoms with Crippen LogP contribution in [0, 0.1) is 12.8 Å². The third kappa shape index (κ3) is 4.56. The van der Waals surface area contributed by atoms with Crippen LogP contribution < -0.4 is 19.7 Å². The van der Waals surface area contributed by atoms with Crippen molar-refractivity contribution >= 4 is 33.4 Å². The average molecular weight is 461 g/mol. The minimum Gasteiger partial charge on any atom is -0.496 e. The van der Waals surface area contributed by atoms with E-state index >= 15 is 0 Å². The van der Waals surface area contributed by atoms with E-state index < -0.39 is 5.92 Å². The number of anilines is 1. The molecule has 2 aromatic rings. The third-order valence-electron chi connectivity index (χ3n) is 5.16. The Hall–Kier alpha value is -2.54. The van der Waals surface area contributed by atoms with Gasteiger partial charge < -0.3 is 19.7 Å². The van der Waals surface area contributed by atoms with Gasteiger partial charge in [0.25, 0.3) is 0 Å². The number of methoxy groups -OCH3 is 2. The summed E-state index contributed by atoms with van der Waals surface area (Å²) >= 11 is 3.47. The summed E-state index contributed by atoms with van der Waals surface area (Å²) in [6, 6.07) is 11.2. The van der Waals surface area contributed by atoms with Crippen molar-refractivity contribution in [2.45, 2.75) is 26.3 Å². The summed E-state index contributed by atoms with van der Waals surface area (Å²) in [6.45, 7) is 4.22. The molecule has 2 atom stereocenters. The molecule has 154 valence electrons. The number of hydrogen-bond acceptors (Lipinski definition) is 4. The second kappa shape index (κ2) is 8.86. The Bertz CT molecular complexity index is 931. The average Bonchev–Trinajstić information content (AvgIpc) is 3.09. The highest BCUT2D eigenvalue weighted by Crippen LogP contribution is 2.34. The van der Waals surface area contributed by atoms with E-state index in [-0.39, 0.29) is 24.3 Å². The molecule has 1 aliphatic heterocycles. The minimum absolute atomic E-state index is 0.0751. The molecule has 1 heterocycles. The minimum atomic E-state index is -0.406. The van der Waals surface area contributed by atoms with Crippen molar-refractivity contribution in [3.63, 3.8) is 0 Å². The molecule has 0 radical (unpaired) electrons. The summed E-state index contributed by atoms with van der Waals surface area (Å²) in [5.74, 6) is 0.746. The molecule has 2 unspecified atom stereocenters. The van der Waals surface area contributed by atoms with Gasteiger partial charge in [-0.05, 0) is 65.2 Å². The number of hydrogen-bond donors (Lipinski definition) is 1. The molecule has 1 N–H and O–H groups in total. The van der Waals surface area contributed by atoms with Gasteiger partial charge >= 0.3 is 0 Å². The van der Waals surface area contributed by atoms with E-state index in [4.69, 9.17) is 9.47 Å². The second-order valence-corrected chi connectivity index (χ2v) is 8.06. The number of benzene rings is 2. The molecule has 1 fully saturated rings. The number of carbonyl (C=O) groups is 2. The van der Waals surface area contributed by atoms with Gasteiger partial charge in [0.05, 0.1) is 36.3 Å². The Kier molecular flexibility index (Phi) is 6.47. The number of nitrogens with zero attached hydrogens (tertiary/aromatic N) is 1. The fourth-order valence-corrected chi connectivity index (χ4v) is 4.05. The van der Waals surface area contributed by atoms with Gasteiger partial charge in [0, 0.05) is 13.0 Å². The predicted molar refractivity (Wildman–Crippen MR) is 115 cm³/mol. The van der Waals surface area contributed by atoms with Crippen LogP contribution >= 0.6 is 15.9 Å². The van der Waals surface area contributed by atoms with Crippen molar-refractivity contribution in [2.75, 3.05) is 25.7 Å². The first-order valence-electron chi connectivity index (χ1n) is 9.42. The second-order valence-electron chi connectivity index (χ2n) is 7.20. The van der Waals surface area contributed by atoms with Gasteiger partial charge in [-0.1, -0.05) is 12.1 Å². The van der Waals surface area contributed by atoms with Crippen molar-refractivity contribution < 1.29 is 19.1 Å². The molecule has 1 aliphatic rings. The fourth-order valence-electron chi connectivity index (χ4n) is 3.49. The SMILES string of the molecule is COc1ccc(C(C)NC(=O)C2CC(=O)N(c3cc(C)ccc3OC)C2)cc1Br. The van der Waals surface area contributed by atoms with E-state index in [1.165, 1.54) is 0 Å². The number of nitrogens with one attached hydrogen (secondary N) is 1. The first-order chi connectivity index (χ1) is 13.8. The lowest BCUT2D eigenvalue weighted by Crippen LogP contribution is -2.34. The molecule has 29 heavy (non-hydrogen) atoms. The Balaban J connectivity index is 1.70. The number of amides is 2. The normalized spacial score (nSPS) is 17.2. The first kappa shape index (κ1) is 21.2. The molecule has 2 amide bonds. The Morgan fingerprint density at radius 1 is 1.17 bits per heavy atom. The van der Waals surface area contributed by atoms with Gasteiger partial charge in [-0.2, -0.15) is 0 Å². The summed E-state index contributed by atoms with van der Waals surface area (Å²) in [4.78, 5) is 27.1.